The van der Waals surface area contributed by atoms with Crippen molar-refractivity contribution in [1.29, 1.82) is 0 Å². The standard InChI is InChI=1S/C28H26O6S/c29-23-15-17-25(27(31)21(23)13-11-19-7-3-1-4-8-19)35(33,34)26-18-16-24(30)22(28(26)32)14-12-20-9-5-2-6-10-20/h1-10,15-18,29-32H,11-14H2. The third kappa shape index (κ3) is 5.10. The quantitative estimate of drug-likeness (QED) is 0.279. The first-order valence-electron chi connectivity index (χ1n) is 11.2. The summed E-state index contributed by atoms with van der Waals surface area (Å²) >= 11 is 0. The van der Waals surface area contributed by atoms with E-state index in [4.69, 9.17) is 0 Å². The highest BCUT2D eigenvalue weighted by atomic mass is 32.2. The average Bonchev–Trinajstić information content (AvgIpc) is 2.84. The van der Waals surface area contributed by atoms with Crippen LogP contribution in [0.25, 0.3) is 0 Å². The molecule has 4 aromatic carbocycles. The number of hydrogen-bond donors (Lipinski definition) is 4. The second-order valence-electron chi connectivity index (χ2n) is 8.29. The number of benzene rings is 4. The summed E-state index contributed by atoms with van der Waals surface area (Å²) < 4.78 is 26.9. The number of aryl methyl sites for hydroxylation is 2. The molecule has 4 N–H and O–H groups in total. The first kappa shape index (κ1) is 24.2. The van der Waals surface area contributed by atoms with Crippen LogP contribution in [-0.4, -0.2) is 28.8 Å². The average molecular weight is 491 g/mol. The second-order valence-corrected chi connectivity index (χ2v) is 10.2. The molecule has 4 rings (SSSR count). The Labute approximate surface area is 204 Å². The van der Waals surface area contributed by atoms with E-state index in [1.807, 2.05) is 60.7 Å². The van der Waals surface area contributed by atoms with Crippen molar-refractivity contribution in [3.05, 3.63) is 107 Å². The number of phenols is 4. The van der Waals surface area contributed by atoms with E-state index >= 15 is 0 Å². The predicted octanol–water partition coefficient (Wildman–Crippen LogP) is 4.91. The summed E-state index contributed by atoms with van der Waals surface area (Å²) in [6.45, 7) is 0. The number of sulfone groups is 1. The molecule has 7 heteroatoms. The van der Waals surface area contributed by atoms with Crippen molar-refractivity contribution >= 4 is 9.84 Å². The molecule has 0 fully saturated rings. The third-order valence-electron chi connectivity index (χ3n) is 6.03. The molecule has 0 saturated carbocycles. The molecule has 0 radical (unpaired) electrons. The van der Waals surface area contributed by atoms with E-state index in [-0.39, 0.29) is 35.5 Å². The van der Waals surface area contributed by atoms with E-state index < -0.39 is 31.1 Å². The Balaban J connectivity index is 1.67. The maximum atomic E-state index is 13.5. The Bertz CT molecular complexity index is 1330. The van der Waals surface area contributed by atoms with Crippen molar-refractivity contribution in [2.45, 2.75) is 35.5 Å². The maximum absolute atomic E-state index is 13.5. The molecule has 0 aliphatic rings. The normalized spacial score (nSPS) is 11.4. The minimum absolute atomic E-state index is 0.109. The second kappa shape index (κ2) is 10.1. The van der Waals surface area contributed by atoms with Gasteiger partial charge >= 0.3 is 0 Å². The van der Waals surface area contributed by atoms with Crippen LogP contribution in [0, 0.1) is 0 Å². The van der Waals surface area contributed by atoms with Crippen molar-refractivity contribution in [1.82, 2.24) is 0 Å². The minimum Gasteiger partial charge on any atom is -0.508 e. The van der Waals surface area contributed by atoms with Gasteiger partial charge in [0.15, 0.2) is 0 Å². The minimum atomic E-state index is -4.37. The van der Waals surface area contributed by atoms with Crippen LogP contribution in [0.3, 0.4) is 0 Å². The molecular formula is C28H26O6S. The summed E-state index contributed by atoms with van der Waals surface area (Å²) in [6.07, 6.45) is 1.41. The maximum Gasteiger partial charge on any atom is 0.213 e. The first-order valence-corrected chi connectivity index (χ1v) is 12.7. The highest BCUT2D eigenvalue weighted by Crippen LogP contribution is 2.41. The fraction of sp³-hybridized carbons (Fsp3) is 0.143. The molecule has 0 aliphatic heterocycles. The molecule has 0 amide bonds. The van der Waals surface area contributed by atoms with Crippen LogP contribution < -0.4 is 0 Å². The van der Waals surface area contributed by atoms with E-state index in [0.717, 1.165) is 23.3 Å². The molecule has 6 nitrogen and oxygen atoms in total. The third-order valence-corrected chi connectivity index (χ3v) is 7.85. The Morgan fingerprint density at radius 1 is 0.486 bits per heavy atom. The Morgan fingerprint density at radius 3 is 1.23 bits per heavy atom. The van der Waals surface area contributed by atoms with Crippen LogP contribution in [0.1, 0.15) is 22.3 Å². The Morgan fingerprint density at radius 2 is 0.857 bits per heavy atom. The lowest BCUT2D eigenvalue weighted by molar-refractivity contribution is 0.424. The fourth-order valence-corrected chi connectivity index (χ4v) is 5.57. The summed E-state index contributed by atoms with van der Waals surface area (Å²) in [5.74, 6) is -1.54. The molecule has 180 valence electrons. The van der Waals surface area contributed by atoms with Crippen LogP contribution in [0.2, 0.25) is 0 Å². The van der Waals surface area contributed by atoms with Gasteiger partial charge in [-0.1, -0.05) is 60.7 Å². The van der Waals surface area contributed by atoms with Gasteiger partial charge in [-0.2, -0.15) is 0 Å². The lowest BCUT2D eigenvalue weighted by atomic mass is 10.0. The SMILES string of the molecule is O=S(=O)(c1ccc(O)c(CCc2ccccc2)c1O)c1ccc(O)c(CCc2ccccc2)c1O. The van der Waals surface area contributed by atoms with Crippen LogP contribution in [0.5, 0.6) is 23.0 Å². The smallest absolute Gasteiger partial charge is 0.213 e. The van der Waals surface area contributed by atoms with E-state index in [0.29, 0.717) is 12.8 Å². The number of phenolic OH excluding ortho intramolecular Hbond substituents is 4. The van der Waals surface area contributed by atoms with Gasteiger partial charge in [0.25, 0.3) is 0 Å². The van der Waals surface area contributed by atoms with Crippen LogP contribution in [0.4, 0.5) is 0 Å². The highest BCUT2D eigenvalue weighted by Gasteiger charge is 2.29. The molecule has 35 heavy (non-hydrogen) atoms. The van der Waals surface area contributed by atoms with E-state index in [2.05, 4.69) is 0 Å². The summed E-state index contributed by atoms with van der Waals surface area (Å²) in [5, 5.41) is 42.3. The zero-order valence-electron chi connectivity index (χ0n) is 18.9. The molecule has 0 bridgehead atoms. The van der Waals surface area contributed by atoms with Gasteiger partial charge in [0, 0.05) is 11.1 Å². The molecule has 0 saturated heterocycles. The van der Waals surface area contributed by atoms with Crippen LogP contribution >= 0.6 is 0 Å². The number of rotatable bonds is 8. The van der Waals surface area contributed by atoms with Gasteiger partial charge < -0.3 is 20.4 Å². The van der Waals surface area contributed by atoms with Gasteiger partial charge in [0.2, 0.25) is 9.84 Å². The van der Waals surface area contributed by atoms with E-state index in [1.165, 1.54) is 12.1 Å². The molecule has 0 atom stereocenters. The van der Waals surface area contributed by atoms with Gasteiger partial charge in [-0.15, -0.1) is 0 Å². The van der Waals surface area contributed by atoms with Gasteiger partial charge in [0.05, 0.1) is 0 Å². The Hall–Kier alpha value is -3.97. The molecule has 0 spiro atoms. The molecule has 4 aromatic rings. The topological polar surface area (TPSA) is 115 Å². The molecule has 0 aromatic heterocycles. The van der Waals surface area contributed by atoms with Crippen molar-refractivity contribution in [2.75, 3.05) is 0 Å². The highest BCUT2D eigenvalue weighted by molar-refractivity contribution is 7.91. The summed E-state index contributed by atoms with van der Waals surface area (Å²) in [4.78, 5) is -0.846. The van der Waals surface area contributed by atoms with Crippen molar-refractivity contribution in [2.24, 2.45) is 0 Å². The van der Waals surface area contributed by atoms with E-state index in [1.54, 1.807) is 0 Å². The lowest BCUT2D eigenvalue weighted by Crippen LogP contribution is -2.06. The first-order chi connectivity index (χ1) is 16.8. The van der Waals surface area contributed by atoms with Gasteiger partial charge in [0.1, 0.15) is 32.8 Å². The van der Waals surface area contributed by atoms with Gasteiger partial charge in [-0.25, -0.2) is 8.42 Å². The van der Waals surface area contributed by atoms with Crippen molar-refractivity contribution in [3.8, 4) is 23.0 Å². The Kier molecular flexibility index (Phi) is 6.98. The predicted molar refractivity (Wildman–Crippen MR) is 133 cm³/mol. The monoisotopic (exact) mass is 490 g/mol. The van der Waals surface area contributed by atoms with Gasteiger partial charge in [-0.3, -0.25) is 0 Å². The number of aromatic hydroxyl groups is 4. The summed E-state index contributed by atoms with van der Waals surface area (Å²) in [5.41, 5.74) is 2.16. The summed E-state index contributed by atoms with van der Waals surface area (Å²) in [6, 6.07) is 23.5. The van der Waals surface area contributed by atoms with E-state index in [9.17, 15) is 28.8 Å². The molecule has 0 aliphatic carbocycles. The summed E-state index contributed by atoms with van der Waals surface area (Å²) in [7, 11) is -4.37. The molecule has 0 heterocycles. The molecule has 0 unspecified atom stereocenters. The van der Waals surface area contributed by atoms with Gasteiger partial charge in [-0.05, 0) is 61.1 Å². The lowest BCUT2D eigenvalue weighted by Gasteiger charge is -2.15. The van der Waals surface area contributed by atoms with Crippen molar-refractivity contribution < 1.29 is 28.8 Å². The van der Waals surface area contributed by atoms with Crippen LogP contribution in [0.15, 0.2) is 94.7 Å². The zero-order valence-corrected chi connectivity index (χ0v) is 19.7. The molecular weight excluding hydrogens is 464 g/mol. The van der Waals surface area contributed by atoms with Crippen molar-refractivity contribution in [3.63, 3.8) is 0 Å². The zero-order chi connectivity index (χ0) is 25.0. The van der Waals surface area contributed by atoms with Crippen LogP contribution in [-0.2, 0) is 35.5 Å². The number of hydrogen-bond acceptors (Lipinski definition) is 6. The fourth-order valence-electron chi connectivity index (χ4n) is 4.08. The largest absolute Gasteiger partial charge is 0.508 e.